The van der Waals surface area contributed by atoms with Gasteiger partial charge in [-0.05, 0) is 92.9 Å². The highest BCUT2D eigenvalue weighted by Gasteiger charge is 2.51. The summed E-state index contributed by atoms with van der Waals surface area (Å²) in [5.41, 5.74) is 2.90. The van der Waals surface area contributed by atoms with Crippen LogP contribution in [0.4, 0.5) is 0 Å². The van der Waals surface area contributed by atoms with E-state index in [1.807, 2.05) is 12.1 Å². The minimum atomic E-state index is -3.08. The van der Waals surface area contributed by atoms with Crippen LogP contribution in [-0.4, -0.2) is 50.6 Å². The quantitative estimate of drug-likeness (QED) is 0.395. The van der Waals surface area contributed by atoms with Crippen molar-refractivity contribution in [3.63, 3.8) is 0 Å². The summed E-state index contributed by atoms with van der Waals surface area (Å²) in [6.07, 6.45) is 6.63. The highest BCUT2D eigenvalue weighted by atomic mass is 32.2. The Morgan fingerprint density at radius 1 is 1.08 bits per heavy atom. The first-order chi connectivity index (χ1) is 17.4. The van der Waals surface area contributed by atoms with Crippen LogP contribution >= 0.6 is 0 Å². The molecule has 194 valence electrons. The lowest BCUT2D eigenvalue weighted by Gasteiger charge is -2.47. The van der Waals surface area contributed by atoms with Crippen molar-refractivity contribution in [1.82, 2.24) is 4.90 Å². The Hall–Kier alpha value is -2.36. The van der Waals surface area contributed by atoms with Crippen molar-refractivity contribution in [2.75, 3.05) is 32.0 Å². The highest BCUT2D eigenvalue weighted by molar-refractivity contribution is 7.92. The molecule has 0 spiro atoms. The van der Waals surface area contributed by atoms with Gasteiger partial charge >= 0.3 is 0 Å². The molecule has 2 atom stereocenters. The summed E-state index contributed by atoms with van der Waals surface area (Å²) in [7, 11) is -3.08. The number of nitriles is 1. The van der Waals surface area contributed by atoms with E-state index in [0.29, 0.717) is 23.8 Å². The summed E-state index contributed by atoms with van der Waals surface area (Å²) in [5.74, 6) is 1.49. The molecule has 0 aliphatic carbocycles. The van der Waals surface area contributed by atoms with E-state index >= 15 is 0 Å². The van der Waals surface area contributed by atoms with Gasteiger partial charge in [0, 0.05) is 12.0 Å². The molecule has 6 heteroatoms. The van der Waals surface area contributed by atoms with Gasteiger partial charge in [0.1, 0.15) is 5.75 Å². The first-order valence-corrected chi connectivity index (χ1v) is 15.2. The number of likely N-dealkylation sites (tertiary alicyclic amines) is 1. The number of piperidine rings is 1. The van der Waals surface area contributed by atoms with Gasteiger partial charge in [-0.3, -0.25) is 0 Å². The number of hydrogen-bond acceptors (Lipinski definition) is 5. The molecule has 0 bridgehead atoms. The Labute approximate surface area is 217 Å². The molecule has 2 aromatic rings. The summed E-state index contributed by atoms with van der Waals surface area (Å²) in [5, 5.41) is 8.64. The van der Waals surface area contributed by atoms with E-state index in [9.17, 15) is 8.42 Å². The first kappa shape index (κ1) is 26.7. The summed E-state index contributed by atoms with van der Waals surface area (Å²) < 4.78 is 32.3. The van der Waals surface area contributed by atoms with Crippen LogP contribution in [0, 0.1) is 17.2 Å². The van der Waals surface area contributed by atoms with Gasteiger partial charge in [0.25, 0.3) is 0 Å². The molecule has 2 fully saturated rings. The van der Waals surface area contributed by atoms with E-state index in [2.05, 4.69) is 49.1 Å². The zero-order valence-corrected chi connectivity index (χ0v) is 22.6. The predicted octanol–water partition coefficient (Wildman–Crippen LogP) is 5.53. The van der Waals surface area contributed by atoms with Crippen LogP contribution in [0.15, 0.2) is 48.5 Å². The molecule has 0 N–H and O–H groups in total. The molecule has 2 unspecified atom stereocenters. The molecule has 0 aromatic heterocycles. The van der Waals surface area contributed by atoms with E-state index in [4.69, 9.17) is 10.00 Å². The third-order valence-corrected chi connectivity index (χ3v) is 10.9. The second-order valence-corrected chi connectivity index (χ2v) is 12.9. The second kappa shape index (κ2) is 11.8. The van der Waals surface area contributed by atoms with Gasteiger partial charge in [-0.15, -0.1) is 0 Å². The number of nitrogens with zero attached hydrogens (tertiary/aromatic N) is 2. The van der Waals surface area contributed by atoms with Gasteiger partial charge in [-0.2, -0.15) is 5.26 Å². The summed E-state index contributed by atoms with van der Waals surface area (Å²) in [4.78, 5) is 2.50. The van der Waals surface area contributed by atoms with E-state index < -0.39 is 9.84 Å². The van der Waals surface area contributed by atoms with Crippen LogP contribution in [-0.2, 0) is 21.7 Å². The van der Waals surface area contributed by atoms with Crippen LogP contribution in [0.2, 0.25) is 0 Å². The SMILES string of the molecule is CCCc1ccccc1C(C)(C1CCN(CCCOc2ccc(C#N)cc2)CC1)C1CCCS1(=O)=O. The number of rotatable bonds is 10. The zero-order chi connectivity index (χ0) is 25.6. The Morgan fingerprint density at radius 3 is 2.44 bits per heavy atom. The monoisotopic (exact) mass is 508 g/mol. The molecule has 0 radical (unpaired) electrons. The highest BCUT2D eigenvalue weighted by Crippen LogP contribution is 2.48. The number of ether oxygens (including phenoxy) is 1. The van der Waals surface area contributed by atoms with E-state index in [1.54, 1.807) is 12.1 Å². The lowest BCUT2D eigenvalue weighted by atomic mass is 9.64. The number of sulfone groups is 1. The van der Waals surface area contributed by atoms with Crippen molar-refractivity contribution in [3.8, 4) is 11.8 Å². The lowest BCUT2D eigenvalue weighted by Crippen LogP contribution is -2.50. The van der Waals surface area contributed by atoms with Gasteiger partial charge in [0.05, 0.1) is 29.2 Å². The molecule has 2 heterocycles. The van der Waals surface area contributed by atoms with E-state index in [-0.39, 0.29) is 10.7 Å². The molecule has 4 rings (SSSR count). The molecular weight excluding hydrogens is 468 g/mol. The van der Waals surface area contributed by atoms with Crippen molar-refractivity contribution in [1.29, 1.82) is 5.26 Å². The van der Waals surface area contributed by atoms with Crippen LogP contribution < -0.4 is 4.74 Å². The molecule has 2 saturated heterocycles. The Morgan fingerprint density at radius 2 is 1.81 bits per heavy atom. The summed E-state index contributed by atoms with van der Waals surface area (Å²) in [6.45, 7) is 8.09. The number of aryl methyl sites for hydroxylation is 1. The van der Waals surface area contributed by atoms with Gasteiger partial charge in [0.2, 0.25) is 0 Å². The first-order valence-electron chi connectivity index (χ1n) is 13.5. The average molecular weight is 509 g/mol. The summed E-state index contributed by atoms with van der Waals surface area (Å²) >= 11 is 0. The molecule has 5 nitrogen and oxygen atoms in total. The average Bonchev–Trinajstić information content (AvgIpc) is 3.27. The van der Waals surface area contributed by atoms with Crippen molar-refractivity contribution >= 4 is 9.84 Å². The fourth-order valence-corrected chi connectivity index (χ4v) is 8.96. The maximum atomic E-state index is 13.2. The van der Waals surface area contributed by atoms with Gasteiger partial charge < -0.3 is 9.64 Å². The van der Waals surface area contributed by atoms with Crippen LogP contribution in [0.3, 0.4) is 0 Å². The Kier molecular flexibility index (Phi) is 8.74. The molecular formula is C30H40N2O3S. The molecule has 0 amide bonds. The molecule has 36 heavy (non-hydrogen) atoms. The molecule has 2 aliphatic rings. The standard InChI is InChI=1S/C30H40N2O3S/c1-3-8-25-9-4-5-10-28(25)30(2,29-11-6-22-36(29,33)34)26-16-19-32(20-17-26)18-7-21-35-27-14-12-24(23-31)13-15-27/h4-5,9-10,12-15,26,29H,3,6-8,11,16-22H2,1-2H3. The fraction of sp³-hybridized carbons (Fsp3) is 0.567. The van der Waals surface area contributed by atoms with Crippen molar-refractivity contribution in [3.05, 3.63) is 65.2 Å². The number of benzene rings is 2. The smallest absolute Gasteiger partial charge is 0.154 e. The van der Waals surface area contributed by atoms with Crippen molar-refractivity contribution < 1.29 is 13.2 Å². The third-order valence-electron chi connectivity index (χ3n) is 8.42. The minimum Gasteiger partial charge on any atom is -0.494 e. The predicted molar refractivity (Wildman–Crippen MR) is 145 cm³/mol. The maximum absolute atomic E-state index is 13.2. The van der Waals surface area contributed by atoms with Gasteiger partial charge in [-0.1, -0.05) is 44.5 Å². The third kappa shape index (κ3) is 5.79. The van der Waals surface area contributed by atoms with Crippen LogP contribution in [0.1, 0.15) is 69.1 Å². The maximum Gasteiger partial charge on any atom is 0.154 e. The lowest BCUT2D eigenvalue weighted by molar-refractivity contribution is 0.123. The Balaban J connectivity index is 1.40. The van der Waals surface area contributed by atoms with Crippen molar-refractivity contribution in [2.24, 2.45) is 5.92 Å². The normalized spacial score (nSPS) is 22.1. The van der Waals surface area contributed by atoms with Crippen LogP contribution in [0.25, 0.3) is 0 Å². The summed E-state index contributed by atoms with van der Waals surface area (Å²) in [6, 6.07) is 18.0. The number of hydrogen-bond donors (Lipinski definition) is 0. The minimum absolute atomic E-state index is 0.277. The zero-order valence-electron chi connectivity index (χ0n) is 21.8. The van der Waals surface area contributed by atoms with Crippen molar-refractivity contribution in [2.45, 2.75) is 69.5 Å². The Bertz CT molecular complexity index is 1150. The van der Waals surface area contributed by atoms with Crippen LogP contribution in [0.5, 0.6) is 5.75 Å². The topological polar surface area (TPSA) is 70.4 Å². The largest absolute Gasteiger partial charge is 0.494 e. The van der Waals surface area contributed by atoms with E-state index in [1.165, 1.54) is 11.1 Å². The molecule has 2 aliphatic heterocycles. The fourth-order valence-electron chi connectivity index (χ4n) is 6.51. The van der Waals surface area contributed by atoms with Gasteiger partial charge in [0.15, 0.2) is 9.84 Å². The second-order valence-electron chi connectivity index (χ2n) is 10.6. The molecule has 0 saturated carbocycles. The van der Waals surface area contributed by atoms with E-state index in [0.717, 1.165) is 70.3 Å². The molecule has 2 aromatic carbocycles. The van der Waals surface area contributed by atoms with Gasteiger partial charge in [-0.25, -0.2) is 8.42 Å².